The van der Waals surface area contributed by atoms with E-state index in [1.165, 1.54) is 6.07 Å². The van der Waals surface area contributed by atoms with E-state index >= 15 is 0 Å². The van der Waals surface area contributed by atoms with Crippen molar-refractivity contribution >= 4 is 0 Å². The molecular weight excluding hydrogens is 551 g/mol. The average Bonchev–Trinajstić information content (AvgIpc) is 3.89. The van der Waals surface area contributed by atoms with Crippen LogP contribution in [0.5, 0.6) is 11.8 Å². The summed E-state index contributed by atoms with van der Waals surface area (Å²) in [5, 5.41) is 9.77. The topological polar surface area (TPSA) is 108 Å². The maximum absolute atomic E-state index is 13.3. The molecule has 0 saturated heterocycles. The first kappa shape index (κ1) is 27.0. The summed E-state index contributed by atoms with van der Waals surface area (Å²) in [4.78, 5) is 20.6. The van der Waals surface area contributed by atoms with E-state index in [1.54, 1.807) is 28.8 Å². The Morgan fingerprint density at radius 1 is 1.00 bits per heavy atom. The predicted molar refractivity (Wildman–Crippen MR) is 133 cm³/mol. The molecule has 9 nitrogen and oxygen atoms in total. The zero-order valence-electron chi connectivity index (χ0n) is 21.4. The highest BCUT2D eigenvalue weighted by Gasteiger charge is 2.37. The van der Waals surface area contributed by atoms with Crippen molar-refractivity contribution in [1.82, 2.24) is 29.5 Å². The molecule has 4 aromatic rings. The van der Waals surface area contributed by atoms with Crippen LogP contribution < -0.4 is 9.47 Å². The first-order valence-electron chi connectivity index (χ1n) is 12.9. The van der Waals surface area contributed by atoms with Crippen molar-refractivity contribution in [2.45, 2.75) is 63.6 Å². The molecule has 2 saturated carbocycles. The van der Waals surface area contributed by atoms with Gasteiger partial charge in [0, 0.05) is 29.8 Å². The number of nitrogens with zero attached hydrogens (tertiary/aromatic N) is 6. The lowest BCUT2D eigenvalue weighted by atomic mass is 10.1. The summed E-state index contributed by atoms with van der Waals surface area (Å²) in [5.74, 6) is -0.0475. The second-order valence-electron chi connectivity index (χ2n) is 9.84. The van der Waals surface area contributed by atoms with Crippen LogP contribution in [0.25, 0.3) is 22.8 Å². The van der Waals surface area contributed by atoms with E-state index < -0.39 is 25.1 Å². The molecule has 6 rings (SSSR count). The molecular formula is C27H23F5N6O3. The van der Waals surface area contributed by atoms with E-state index in [0.29, 0.717) is 16.8 Å². The van der Waals surface area contributed by atoms with Gasteiger partial charge in [0.05, 0.1) is 18.0 Å². The first-order chi connectivity index (χ1) is 19.7. The zero-order chi connectivity index (χ0) is 28.7. The summed E-state index contributed by atoms with van der Waals surface area (Å²) in [6, 6.07) is 8.16. The highest BCUT2D eigenvalue weighted by molar-refractivity contribution is 5.66. The minimum absolute atomic E-state index is 0.00588. The molecule has 0 aliphatic heterocycles. The number of hydrogen-bond donors (Lipinski definition) is 1. The van der Waals surface area contributed by atoms with Gasteiger partial charge in [-0.15, -0.1) is 0 Å². The molecule has 2 fully saturated rings. The van der Waals surface area contributed by atoms with E-state index in [1.807, 2.05) is 0 Å². The normalized spacial score (nSPS) is 15.4. The maximum Gasteiger partial charge on any atom is 0.434 e. The van der Waals surface area contributed by atoms with E-state index in [2.05, 4.69) is 29.7 Å². The van der Waals surface area contributed by atoms with Crippen LogP contribution in [0.3, 0.4) is 0 Å². The number of halogens is 5. The van der Waals surface area contributed by atoms with Crippen molar-refractivity contribution in [3.63, 3.8) is 0 Å². The largest absolute Gasteiger partial charge is 0.473 e. The molecule has 0 bridgehead atoms. The third kappa shape index (κ3) is 5.97. The average molecular weight is 575 g/mol. The Hall–Kier alpha value is -4.20. The number of imidazole rings is 1. The lowest BCUT2D eigenvalue weighted by Gasteiger charge is -2.14. The van der Waals surface area contributed by atoms with E-state index in [9.17, 15) is 27.1 Å². The fourth-order valence-electron chi connectivity index (χ4n) is 4.45. The smallest absolute Gasteiger partial charge is 0.434 e. The van der Waals surface area contributed by atoms with Crippen molar-refractivity contribution in [2.24, 2.45) is 0 Å². The molecule has 0 spiro atoms. The molecule has 1 N–H and O–H groups in total. The minimum Gasteiger partial charge on any atom is -0.473 e. The minimum atomic E-state index is -4.54. The number of hydrogen-bond acceptors (Lipinski definition) is 8. The monoisotopic (exact) mass is 574 g/mol. The van der Waals surface area contributed by atoms with Gasteiger partial charge in [-0.3, -0.25) is 0 Å². The maximum atomic E-state index is 13.3. The summed E-state index contributed by atoms with van der Waals surface area (Å²) < 4.78 is 78.1. The molecule has 41 heavy (non-hydrogen) atoms. The van der Waals surface area contributed by atoms with Crippen molar-refractivity contribution in [3.8, 4) is 34.5 Å². The Kier molecular flexibility index (Phi) is 7.01. The molecule has 3 heterocycles. The molecule has 214 valence electrons. The quantitative estimate of drug-likeness (QED) is 0.240. The summed E-state index contributed by atoms with van der Waals surface area (Å²) in [6.07, 6.45) is 0.897. The van der Waals surface area contributed by atoms with E-state index in [4.69, 9.17) is 4.74 Å². The Morgan fingerprint density at radius 3 is 2.39 bits per heavy atom. The van der Waals surface area contributed by atoms with Gasteiger partial charge in [0.15, 0.2) is 11.5 Å². The van der Waals surface area contributed by atoms with Crippen LogP contribution in [0.2, 0.25) is 0 Å². The number of ether oxygens (including phenoxy) is 2. The highest BCUT2D eigenvalue weighted by atomic mass is 19.4. The summed E-state index contributed by atoms with van der Waals surface area (Å²) in [6.45, 7) is -3.57. The van der Waals surface area contributed by atoms with Gasteiger partial charge < -0.3 is 19.1 Å². The van der Waals surface area contributed by atoms with Gasteiger partial charge in [0.1, 0.15) is 24.3 Å². The molecule has 1 aromatic carbocycles. The Morgan fingerprint density at radius 2 is 1.76 bits per heavy atom. The highest BCUT2D eigenvalue weighted by Crippen LogP contribution is 2.45. The number of aliphatic hydroxyl groups excluding tert-OH is 1. The fraction of sp³-hybridized carbons (Fsp3) is 0.370. The lowest BCUT2D eigenvalue weighted by Crippen LogP contribution is -2.10. The molecule has 0 atom stereocenters. The van der Waals surface area contributed by atoms with Crippen LogP contribution in [-0.2, 0) is 19.4 Å². The second-order valence-corrected chi connectivity index (χ2v) is 9.84. The predicted octanol–water partition coefficient (Wildman–Crippen LogP) is 5.70. The molecule has 3 aromatic heterocycles. The van der Waals surface area contributed by atoms with Crippen molar-refractivity contribution in [3.05, 3.63) is 65.5 Å². The van der Waals surface area contributed by atoms with Crippen LogP contribution in [0.4, 0.5) is 22.0 Å². The number of aromatic nitrogens is 6. The van der Waals surface area contributed by atoms with Crippen LogP contribution >= 0.6 is 0 Å². The third-order valence-corrected chi connectivity index (χ3v) is 6.71. The first-order valence-corrected chi connectivity index (χ1v) is 12.9. The van der Waals surface area contributed by atoms with Gasteiger partial charge in [-0.2, -0.15) is 26.9 Å². The van der Waals surface area contributed by atoms with Crippen molar-refractivity contribution in [2.75, 3.05) is 0 Å². The zero-order valence-corrected chi connectivity index (χ0v) is 21.4. The third-order valence-electron chi connectivity index (χ3n) is 6.71. The second kappa shape index (κ2) is 10.7. The lowest BCUT2D eigenvalue weighted by molar-refractivity contribution is -0.140. The van der Waals surface area contributed by atoms with Crippen LogP contribution in [0.15, 0.2) is 42.9 Å². The number of benzene rings is 1. The Balaban J connectivity index is 1.24. The fourth-order valence-corrected chi connectivity index (χ4v) is 4.45. The van der Waals surface area contributed by atoms with Crippen LogP contribution in [0.1, 0.15) is 60.3 Å². The Bertz CT molecular complexity index is 1550. The Labute approximate surface area is 230 Å². The van der Waals surface area contributed by atoms with Crippen molar-refractivity contribution < 1.29 is 36.5 Å². The van der Waals surface area contributed by atoms with Crippen LogP contribution in [0, 0.1) is 0 Å². The molecule has 2 aliphatic rings. The number of aliphatic hydroxyl groups is 1. The molecule has 0 radical (unpaired) electrons. The summed E-state index contributed by atoms with van der Waals surface area (Å²) in [5.41, 5.74) is 1.06. The molecule has 2 aliphatic carbocycles. The van der Waals surface area contributed by atoms with Gasteiger partial charge in [-0.05, 0) is 31.2 Å². The van der Waals surface area contributed by atoms with Crippen LogP contribution in [-0.4, -0.2) is 41.2 Å². The summed E-state index contributed by atoms with van der Waals surface area (Å²) >= 11 is 0. The number of rotatable bonds is 10. The summed E-state index contributed by atoms with van der Waals surface area (Å²) in [7, 11) is 0. The standard InChI is InChI=1S/C27H23F5N6O3/c28-26(29)41-25-21(22(15-5-6-15)33-13-34-25)23-35-17(11-39)9-20(37-23)40-12-14-1-3-16(4-2-14)24-36-19(27(30,31)32)10-38(24)18-7-8-18/h1-4,9-10,13,15,18,26,39H,5-8,11-12H2. The van der Waals surface area contributed by atoms with Gasteiger partial charge in [0.25, 0.3) is 0 Å². The van der Waals surface area contributed by atoms with Gasteiger partial charge >= 0.3 is 12.8 Å². The molecule has 0 unspecified atom stereocenters. The van der Waals surface area contributed by atoms with Crippen molar-refractivity contribution in [1.29, 1.82) is 0 Å². The van der Waals surface area contributed by atoms with Gasteiger partial charge in [-0.25, -0.2) is 19.9 Å². The van der Waals surface area contributed by atoms with E-state index in [-0.39, 0.29) is 53.2 Å². The number of alkyl halides is 5. The SMILES string of the molecule is OCc1cc(OCc2ccc(-c3nc(C(F)(F)F)cn3C3CC3)cc2)nc(-c2c(OC(F)F)ncnc2C2CC2)n1. The van der Waals surface area contributed by atoms with E-state index in [0.717, 1.165) is 38.2 Å². The van der Waals surface area contributed by atoms with Gasteiger partial charge in [0.2, 0.25) is 11.8 Å². The van der Waals surface area contributed by atoms with Gasteiger partial charge in [-0.1, -0.05) is 24.3 Å². The molecule has 0 amide bonds. The molecule has 14 heteroatoms.